The van der Waals surface area contributed by atoms with Gasteiger partial charge in [-0.1, -0.05) is 95.9 Å². The molecule has 3 saturated carbocycles. The van der Waals surface area contributed by atoms with Crippen LogP contribution >= 0.6 is 0 Å². The molecular weight excluding hydrogens is 794 g/mol. The molecule has 0 heterocycles. The van der Waals surface area contributed by atoms with E-state index in [0.717, 1.165) is 38.5 Å². The average Bonchev–Trinajstić information content (AvgIpc) is 2.80. The van der Waals surface area contributed by atoms with E-state index in [2.05, 4.69) is 95.5 Å². The van der Waals surface area contributed by atoms with Crippen LogP contribution < -0.4 is 0 Å². The van der Waals surface area contributed by atoms with Crippen molar-refractivity contribution in [2.75, 3.05) is 0 Å². The summed E-state index contributed by atoms with van der Waals surface area (Å²) < 4.78 is 0. The molecule has 0 aromatic heterocycles. The zero-order chi connectivity index (χ0) is 30.3. The fourth-order valence-corrected chi connectivity index (χ4v) is 7.94. The van der Waals surface area contributed by atoms with Crippen LogP contribution in [-0.2, 0) is 16.8 Å². The maximum absolute atomic E-state index is 11.5. The zero-order valence-electron chi connectivity index (χ0n) is 29.8. The molecule has 0 aliphatic heterocycles. The molecule has 0 saturated heterocycles. The van der Waals surface area contributed by atoms with Crippen LogP contribution in [0, 0.1) is 101 Å². The van der Waals surface area contributed by atoms with Crippen molar-refractivity contribution in [3.8, 4) is 0 Å². The van der Waals surface area contributed by atoms with Gasteiger partial charge >= 0.3 is 0 Å². The van der Waals surface area contributed by atoms with Crippen molar-refractivity contribution in [2.45, 2.75) is 159 Å². The van der Waals surface area contributed by atoms with Gasteiger partial charge in [0.05, 0.1) is 24.3 Å². The Morgan fingerprint density at radius 2 is 0.837 bits per heavy atom. The summed E-state index contributed by atoms with van der Waals surface area (Å²) in [4.78, 5) is 10.4. The molecule has 0 amide bonds. The summed E-state index contributed by atoms with van der Waals surface area (Å²) in [7, 11) is 0. The number of rotatable bonds is 4. The molecule has 252 valence electrons. The largest absolute Gasteiger partial charge is 0.412 e. The first-order chi connectivity index (χ1) is 18.2. The molecule has 2 radical (unpaired) electrons. The second kappa shape index (κ2) is 17.0. The summed E-state index contributed by atoms with van der Waals surface area (Å²) >= 11 is 0. The van der Waals surface area contributed by atoms with Crippen LogP contribution in [0.1, 0.15) is 134 Å². The van der Waals surface area contributed by atoms with Gasteiger partial charge in [-0.25, -0.2) is 0 Å². The van der Waals surface area contributed by atoms with E-state index < -0.39 is 0 Å². The second-order valence-corrected chi connectivity index (χ2v) is 18.3. The van der Waals surface area contributed by atoms with E-state index in [4.69, 9.17) is 9.98 Å². The Hall–Kier alpha value is 1.17. The molecule has 3 aliphatic rings. The first-order valence-corrected chi connectivity index (χ1v) is 16.6. The Labute approximate surface area is 312 Å². The van der Waals surface area contributed by atoms with E-state index in [-0.39, 0.29) is 136 Å². The van der Waals surface area contributed by atoms with Gasteiger partial charge in [0.1, 0.15) is 0 Å². The fraction of sp³-hybridized carbons (Fsp3) is 0.944. The van der Waals surface area contributed by atoms with Gasteiger partial charge in [0.2, 0.25) is 0 Å². The molecule has 3 fully saturated rings. The smallest absolute Gasteiger partial charge is 0.0719 e. The topological polar surface area (TPSA) is 96.7 Å². The van der Waals surface area contributed by atoms with Crippen LogP contribution in [0.15, 0.2) is 9.98 Å². The minimum absolute atomic E-state index is 0. The zero-order valence-corrected chi connectivity index (χ0v) is 35.6. The molecule has 10 atom stereocenters. The maximum atomic E-state index is 11.5. The van der Waals surface area contributed by atoms with Gasteiger partial charge in [-0.2, -0.15) is 0 Å². The van der Waals surface area contributed by atoms with Gasteiger partial charge in [0.25, 0.3) is 0 Å². The van der Waals surface area contributed by atoms with Crippen molar-refractivity contribution in [1.29, 1.82) is 0 Å². The molecule has 7 heteroatoms. The third-order valence-electron chi connectivity index (χ3n) is 11.2. The predicted molar refractivity (Wildman–Crippen MR) is 176 cm³/mol. The molecule has 5 nitrogen and oxygen atoms in total. The minimum atomic E-state index is -0.339. The SMILES string of the molecule is CC(C)(C)C1CC(C=N[C@H]2CCCC[C@@H]2N=CC2CC(C(C)(C)C)CC(C(C)(C)C)C2O)C(O)C(C(C)(C)C)C1.O.[Ac].[Co]. The van der Waals surface area contributed by atoms with Crippen molar-refractivity contribution in [3.05, 3.63) is 0 Å². The summed E-state index contributed by atoms with van der Waals surface area (Å²) in [5, 5.41) is 23.0. The standard InChI is InChI=1S/C36H66N2O2.Ac.Co.H2O/c1-33(2,3)25-17-23(31(39)27(19-25)35(7,8)9)21-37-29-15-13-14-16-30(29)38-22-24-18-26(34(4,5)6)20-28(32(24)40)36(10,11)12;;;/h21-32,39-40H,13-20H2,1-12H3;;;1H2/t23?,24?,25?,26?,27?,28?,29-,30-,31?,32?;;;/m0.../s1. The van der Waals surface area contributed by atoms with Gasteiger partial charge in [0, 0.05) is 85.1 Å². The van der Waals surface area contributed by atoms with Gasteiger partial charge < -0.3 is 15.7 Å². The Morgan fingerprint density at radius 1 is 0.535 bits per heavy atom. The number of nitrogens with zero attached hydrogens (tertiary/aromatic N) is 2. The number of hydrogen-bond acceptors (Lipinski definition) is 4. The van der Waals surface area contributed by atoms with E-state index in [1.165, 1.54) is 12.8 Å². The fourth-order valence-electron chi connectivity index (χ4n) is 7.94. The van der Waals surface area contributed by atoms with E-state index in [1.807, 2.05) is 0 Å². The van der Waals surface area contributed by atoms with Gasteiger partial charge in [-0.15, -0.1) is 0 Å². The second-order valence-electron chi connectivity index (χ2n) is 18.3. The summed E-state index contributed by atoms with van der Waals surface area (Å²) in [6, 6.07) is 0.357. The molecule has 0 bridgehead atoms. The van der Waals surface area contributed by atoms with Crippen LogP contribution in [0.25, 0.3) is 0 Å². The van der Waals surface area contributed by atoms with Gasteiger partial charge in [0.15, 0.2) is 0 Å². The first kappa shape index (κ1) is 44.2. The summed E-state index contributed by atoms with van der Waals surface area (Å²) in [6.07, 6.45) is 12.3. The Bertz CT molecular complexity index is 811. The molecule has 4 N–H and O–H groups in total. The van der Waals surface area contributed by atoms with E-state index in [9.17, 15) is 10.2 Å². The molecule has 8 unspecified atom stereocenters. The van der Waals surface area contributed by atoms with Crippen LogP contribution in [-0.4, -0.2) is 52.4 Å². The van der Waals surface area contributed by atoms with E-state index in [1.54, 1.807) is 0 Å². The van der Waals surface area contributed by atoms with E-state index in [0.29, 0.717) is 11.8 Å². The van der Waals surface area contributed by atoms with Crippen molar-refractivity contribution in [3.63, 3.8) is 0 Å². The first-order valence-electron chi connectivity index (χ1n) is 16.6. The molecule has 0 aromatic carbocycles. The Kier molecular flexibility index (Phi) is 17.5. The quantitative estimate of drug-likeness (QED) is 0.283. The van der Waals surface area contributed by atoms with Crippen LogP contribution in [0.4, 0.5) is 0 Å². The average molecular weight is 863 g/mol. The molecule has 0 aromatic rings. The molecular formula is C36H68AcCoN2O3. The monoisotopic (exact) mass is 862 g/mol. The van der Waals surface area contributed by atoms with Crippen molar-refractivity contribution in [2.24, 2.45) is 67.2 Å². The van der Waals surface area contributed by atoms with Crippen molar-refractivity contribution in [1.82, 2.24) is 0 Å². The Balaban J connectivity index is 0.00000588. The third-order valence-corrected chi connectivity index (χ3v) is 11.2. The normalized spacial score (nSPS) is 36.5. The van der Waals surface area contributed by atoms with E-state index >= 15 is 0 Å². The minimum Gasteiger partial charge on any atom is -0.412 e. The molecule has 3 aliphatic carbocycles. The number of aliphatic hydroxyl groups excluding tert-OH is 2. The third kappa shape index (κ3) is 12.0. The number of hydrogen-bond donors (Lipinski definition) is 2. The van der Waals surface area contributed by atoms with Gasteiger partial charge in [-0.3, -0.25) is 9.98 Å². The summed E-state index contributed by atoms with van der Waals surface area (Å²) in [5.41, 5.74) is 0.599. The molecule has 3 rings (SSSR count). The van der Waals surface area contributed by atoms with Crippen LogP contribution in [0.2, 0.25) is 0 Å². The van der Waals surface area contributed by atoms with Crippen molar-refractivity contribution >= 4 is 12.4 Å². The summed E-state index contributed by atoms with van der Waals surface area (Å²) in [6.45, 7) is 27.8. The maximum Gasteiger partial charge on any atom is 0.0719 e. The molecule has 43 heavy (non-hydrogen) atoms. The number of aliphatic hydroxyl groups is 2. The van der Waals surface area contributed by atoms with Gasteiger partial charge in [-0.05, 0) is 83.9 Å². The number of aliphatic imine (C=N–C) groups is 2. The van der Waals surface area contributed by atoms with Crippen LogP contribution in [0.5, 0.6) is 0 Å². The van der Waals surface area contributed by atoms with Crippen LogP contribution in [0.3, 0.4) is 0 Å². The van der Waals surface area contributed by atoms with Crippen molar-refractivity contribution < 1.29 is 76.5 Å². The molecule has 0 spiro atoms. The Morgan fingerprint density at radius 3 is 1.09 bits per heavy atom. The summed E-state index contributed by atoms with van der Waals surface area (Å²) in [5.74, 6) is 1.93. The predicted octanol–water partition coefficient (Wildman–Crippen LogP) is 7.80.